The second-order valence-electron chi connectivity index (χ2n) is 4.22. The largest absolute Gasteiger partial charge is 0.467 e. The molecule has 0 aliphatic heterocycles. The van der Waals surface area contributed by atoms with Crippen LogP contribution in [0.5, 0.6) is 0 Å². The number of hydrogen-bond donors (Lipinski definition) is 2. The van der Waals surface area contributed by atoms with Crippen molar-refractivity contribution in [3.63, 3.8) is 0 Å². The predicted octanol–water partition coefficient (Wildman–Crippen LogP) is 3.67. The molecule has 2 aromatic rings. The number of nitrogens with zero attached hydrogens (tertiary/aromatic N) is 1. The Kier molecular flexibility index (Phi) is 4.23. The molecule has 0 spiro atoms. The Labute approximate surface area is 107 Å². The van der Waals surface area contributed by atoms with Gasteiger partial charge in [-0.3, -0.25) is 0 Å². The van der Waals surface area contributed by atoms with Crippen LogP contribution >= 0.6 is 0 Å². The minimum Gasteiger partial charge on any atom is -0.467 e. The Bertz CT molecular complexity index is 468. The van der Waals surface area contributed by atoms with Crippen molar-refractivity contribution in [2.24, 2.45) is 0 Å². The Balaban J connectivity index is 2.00. The predicted molar refractivity (Wildman–Crippen MR) is 73.8 cm³/mol. The highest BCUT2D eigenvalue weighted by Crippen LogP contribution is 2.19. The van der Waals surface area contributed by atoms with E-state index in [1.807, 2.05) is 37.3 Å². The zero-order chi connectivity index (χ0) is 12.8. The molecule has 4 heteroatoms. The van der Waals surface area contributed by atoms with Crippen molar-refractivity contribution in [1.82, 2.24) is 4.98 Å². The zero-order valence-corrected chi connectivity index (χ0v) is 10.8. The molecule has 0 saturated heterocycles. The Morgan fingerprint density at radius 1 is 1.22 bits per heavy atom. The van der Waals surface area contributed by atoms with E-state index in [-0.39, 0.29) is 6.04 Å². The fourth-order valence-corrected chi connectivity index (χ4v) is 1.70. The van der Waals surface area contributed by atoms with Crippen LogP contribution in [0.25, 0.3) is 0 Å². The molecule has 0 amide bonds. The standard InChI is InChI=1S/C14H19N3O/c1-3-9-15-13-7-4-8-14(17-13)16-11(2)12-6-5-10-18-12/h4-8,10-11H,3,9H2,1-2H3,(H2,15,16,17). The van der Waals surface area contributed by atoms with Crippen LogP contribution in [-0.4, -0.2) is 11.5 Å². The Morgan fingerprint density at radius 2 is 2.06 bits per heavy atom. The van der Waals surface area contributed by atoms with Gasteiger partial charge in [0.2, 0.25) is 0 Å². The second-order valence-corrected chi connectivity index (χ2v) is 4.22. The molecule has 1 atom stereocenters. The van der Waals surface area contributed by atoms with Gasteiger partial charge in [0.15, 0.2) is 0 Å². The van der Waals surface area contributed by atoms with Gasteiger partial charge in [0, 0.05) is 6.54 Å². The summed E-state index contributed by atoms with van der Waals surface area (Å²) in [7, 11) is 0. The number of aromatic nitrogens is 1. The smallest absolute Gasteiger partial charge is 0.128 e. The number of nitrogens with one attached hydrogen (secondary N) is 2. The van der Waals surface area contributed by atoms with Crippen molar-refractivity contribution >= 4 is 11.6 Å². The van der Waals surface area contributed by atoms with E-state index in [9.17, 15) is 0 Å². The van der Waals surface area contributed by atoms with Gasteiger partial charge in [0.1, 0.15) is 17.4 Å². The molecule has 2 rings (SSSR count). The summed E-state index contributed by atoms with van der Waals surface area (Å²) in [5.41, 5.74) is 0. The molecule has 0 saturated carbocycles. The molecule has 0 bridgehead atoms. The molecule has 2 N–H and O–H groups in total. The van der Waals surface area contributed by atoms with E-state index in [1.54, 1.807) is 6.26 Å². The maximum Gasteiger partial charge on any atom is 0.128 e. The molecular weight excluding hydrogens is 226 g/mol. The first-order valence-electron chi connectivity index (χ1n) is 6.30. The second kappa shape index (κ2) is 6.10. The summed E-state index contributed by atoms with van der Waals surface area (Å²) in [6.45, 7) is 5.12. The monoisotopic (exact) mass is 245 g/mol. The van der Waals surface area contributed by atoms with Gasteiger partial charge in [0.25, 0.3) is 0 Å². The van der Waals surface area contributed by atoms with Gasteiger partial charge in [0.05, 0.1) is 12.3 Å². The molecule has 0 aromatic carbocycles. The highest BCUT2D eigenvalue weighted by Gasteiger charge is 2.08. The van der Waals surface area contributed by atoms with E-state index in [1.165, 1.54) is 0 Å². The van der Waals surface area contributed by atoms with Gasteiger partial charge in [-0.25, -0.2) is 4.98 Å². The number of hydrogen-bond acceptors (Lipinski definition) is 4. The normalized spacial score (nSPS) is 12.1. The number of rotatable bonds is 6. The zero-order valence-electron chi connectivity index (χ0n) is 10.8. The average Bonchev–Trinajstić information content (AvgIpc) is 2.91. The lowest BCUT2D eigenvalue weighted by atomic mass is 10.2. The topological polar surface area (TPSA) is 50.1 Å². The van der Waals surface area contributed by atoms with E-state index in [2.05, 4.69) is 22.5 Å². The summed E-state index contributed by atoms with van der Waals surface area (Å²) in [5, 5.41) is 6.58. The molecule has 2 aromatic heterocycles. The van der Waals surface area contributed by atoms with Crippen molar-refractivity contribution in [3.05, 3.63) is 42.4 Å². The lowest BCUT2D eigenvalue weighted by molar-refractivity contribution is 0.490. The molecule has 0 aliphatic carbocycles. The van der Waals surface area contributed by atoms with Gasteiger partial charge >= 0.3 is 0 Å². The van der Waals surface area contributed by atoms with Crippen LogP contribution in [0.4, 0.5) is 11.6 Å². The SMILES string of the molecule is CCCNc1cccc(NC(C)c2ccco2)n1. The van der Waals surface area contributed by atoms with E-state index >= 15 is 0 Å². The molecule has 0 fully saturated rings. The van der Waals surface area contributed by atoms with Crippen LogP contribution in [-0.2, 0) is 0 Å². The third-order valence-corrected chi connectivity index (χ3v) is 2.64. The summed E-state index contributed by atoms with van der Waals surface area (Å²) in [6, 6.07) is 9.86. The molecule has 0 radical (unpaired) electrons. The van der Waals surface area contributed by atoms with E-state index in [4.69, 9.17) is 4.42 Å². The van der Waals surface area contributed by atoms with Gasteiger partial charge in [-0.05, 0) is 37.6 Å². The highest BCUT2D eigenvalue weighted by molar-refractivity contribution is 5.45. The average molecular weight is 245 g/mol. The molecule has 4 nitrogen and oxygen atoms in total. The van der Waals surface area contributed by atoms with Crippen LogP contribution in [0.2, 0.25) is 0 Å². The maximum atomic E-state index is 5.36. The molecular formula is C14H19N3O. The van der Waals surface area contributed by atoms with Gasteiger partial charge in [-0.15, -0.1) is 0 Å². The molecule has 2 heterocycles. The Morgan fingerprint density at radius 3 is 2.78 bits per heavy atom. The summed E-state index contributed by atoms with van der Waals surface area (Å²) in [6.07, 6.45) is 2.77. The third-order valence-electron chi connectivity index (χ3n) is 2.64. The van der Waals surface area contributed by atoms with Crippen molar-refractivity contribution in [3.8, 4) is 0 Å². The Hall–Kier alpha value is -1.97. The van der Waals surface area contributed by atoms with E-state index in [0.717, 1.165) is 30.4 Å². The lowest BCUT2D eigenvalue weighted by Crippen LogP contribution is -2.08. The van der Waals surface area contributed by atoms with Crippen LogP contribution in [0, 0.1) is 0 Å². The molecule has 18 heavy (non-hydrogen) atoms. The summed E-state index contributed by atoms with van der Waals surface area (Å²) in [4.78, 5) is 4.50. The van der Waals surface area contributed by atoms with Gasteiger partial charge < -0.3 is 15.1 Å². The number of furan rings is 1. The van der Waals surface area contributed by atoms with Crippen molar-refractivity contribution in [2.75, 3.05) is 17.2 Å². The molecule has 1 unspecified atom stereocenters. The fourth-order valence-electron chi connectivity index (χ4n) is 1.70. The van der Waals surface area contributed by atoms with Gasteiger partial charge in [-0.1, -0.05) is 13.0 Å². The third kappa shape index (κ3) is 3.26. The first-order valence-corrected chi connectivity index (χ1v) is 6.30. The first kappa shape index (κ1) is 12.5. The van der Waals surface area contributed by atoms with E-state index in [0.29, 0.717) is 0 Å². The molecule has 96 valence electrons. The number of pyridine rings is 1. The number of anilines is 2. The minimum absolute atomic E-state index is 0.105. The van der Waals surface area contributed by atoms with Crippen LogP contribution in [0.3, 0.4) is 0 Å². The minimum atomic E-state index is 0.105. The van der Waals surface area contributed by atoms with Crippen molar-refractivity contribution in [1.29, 1.82) is 0 Å². The maximum absolute atomic E-state index is 5.36. The van der Waals surface area contributed by atoms with Crippen LogP contribution in [0.15, 0.2) is 41.0 Å². The van der Waals surface area contributed by atoms with Crippen molar-refractivity contribution < 1.29 is 4.42 Å². The first-order chi connectivity index (χ1) is 8.79. The molecule has 0 aliphatic rings. The lowest BCUT2D eigenvalue weighted by Gasteiger charge is -2.13. The van der Waals surface area contributed by atoms with Crippen molar-refractivity contribution in [2.45, 2.75) is 26.3 Å². The summed E-state index contributed by atoms with van der Waals surface area (Å²) < 4.78 is 5.36. The summed E-state index contributed by atoms with van der Waals surface area (Å²) >= 11 is 0. The van der Waals surface area contributed by atoms with Gasteiger partial charge in [-0.2, -0.15) is 0 Å². The quantitative estimate of drug-likeness (QED) is 0.815. The van der Waals surface area contributed by atoms with Crippen LogP contribution < -0.4 is 10.6 Å². The summed E-state index contributed by atoms with van der Waals surface area (Å²) in [5.74, 6) is 2.65. The highest BCUT2D eigenvalue weighted by atomic mass is 16.3. The van der Waals surface area contributed by atoms with E-state index < -0.39 is 0 Å². The fraction of sp³-hybridized carbons (Fsp3) is 0.357. The van der Waals surface area contributed by atoms with Crippen LogP contribution in [0.1, 0.15) is 32.1 Å².